The van der Waals surface area contributed by atoms with E-state index in [0.717, 1.165) is 12.8 Å². The molecular formula is C22H42O4. The van der Waals surface area contributed by atoms with Gasteiger partial charge in [0.1, 0.15) is 0 Å². The number of carboxylic acids is 1. The predicted molar refractivity (Wildman–Crippen MR) is 107 cm³/mol. The van der Waals surface area contributed by atoms with E-state index in [4.69, 9.17) is 4.74 Å². The Hall–Kier alpha value is -1.06. The molecule has 1 N–H and O–H groups in total. The summed E-state index contributed by atoms with van der Waals surface area (Å²) in [4.78, 5) is 23.6. The summed E-state index contributed by atoms with van der Waals surface area (Å²) in [5.41, 5.74) is 0.451. The Labute approximate surface area is 161 Å². The molecule has 0 saturated heterocycles. The van der Waals surface area contributed by atoms with Crippen molar-refractivity contribution in [3.05, 3.63) is 0 Å². The van der Waals surface area contributed by atoms with Crippen LogP contribution in [0.1, 0.15) is 87.5 Å². The summed E-state index contributed by atoms with van der Waals surface area (Å²) >= 11 is 0. The van der Waals surface area contributed by atoms with Crippen LogP contribution in [0.15, 0.2) is 0 Å². The number of aliphatic carboxylic acids is 1. The molecule has 1 aliphatic carbocycles. The lowest BCUT2D eigenvalue weighted by molar-refractivity contribution is -0.159. The van der Waals surface area contributed by atoms with Gasteiger partial charge in [-0.3, -0.25) is 9.59 Å². The Bertz CT molecular complexity index is 461. The van der Waals surface area contributed by atoms with Crippen molar-refractivity contribution >= 4 is 11.9 Å². The first kappa shape index (κ1) is 24.9. The molecule has 0 aliphatic heterocycles. The maximum absolute atomic E-state index is 12.1. The maximum Gasteiger partial charge on any atom is 0.309 e. The Morgan fingerprint density at radius 1 is 1.12 bits per heavy atom. The van der Waals surface area contributed by atoms with Gasteiger partial charge in [-0.1, -0.05) is 61.8 Å². The number of hydrogen-bond acceptors (Lipinski definition) is 3. The number of carbonyl (C=O) groups excluding carboxylic acids is 1. The van der Waals surface area contributed by atoms with Gasteiger partial charge in [0.05, 0.1) is 18.9 Å². The third-order valence-electron chi connectivity index (χ3n) is 6.71. The normalized spacial score (nSPS) is 25.1. The summed E-state index contributed by atoms with van der Waals surface area (Å²) in [5, 5.41) is 9.41. The van der Waals surface area contributed by atoms with Gasteiger partial charge in [0.25, 0.3) is 0 Å². The minimum absolute atomic E-state index is 0. The highest BCUT2D eigenvalue weighted by molar-refractivity contribution is 5.81. The molecule has 26 heavy (non-hydrogen) atoms. The zero-order valence-electron chi connectivity index (χ0n) is 17.2. The van der Waals surface area contributed by atoms with Crippen molar-refractivity contribution in [2.75, 3.05) is 7.11 Å². The van der Waals surface area contributed by atoms with Crippen LogP contribution in [-0.2, 0) is 14.3 Å². The molecule has 0 aromatic carbocycles. The summed E-state index contributed by atoms with van der Waals surface area (Å²) in [6.07, 6.45) is 5.58. The van der Waals surface area contributed by atoms with Gasteiger partial charge in [-0.25, -0.2) is 0 Å². The van der Waals surface area contributed by atoms with Crippen LogP contribution >= 0.6 is 0 Å². The van der Waals surface area contributed by atoms with Gasteiger partial charge in [-0.05, 0) is 48.3 Å². The van der Waals surface area contributed by atoms with Crippen LogP contribution in [0.4, 0.5) is 0 Å². The summed E-state index contributed by atoms with van der Waals surface area (Å²) in [7, 11) is 1.35. The van der Waals surface area contributed by atoms with Crippen molar-refractivity contribution in [2.24, 2.45) is 34.5 Å². The largest absolute Gasteiger partial charge is 0.481 e. The summed E-state index contributed by atoms with van der Waals surface area (Å²) < 4.78 is 4.88. The highest BCUT2D eigenvalue weighted by Crippen LogP contribution is 2.46. The lowest BCUT2D eigenvalue weighted by atomic mass is 9.63. The van der Waals surface area contributed by atoms with Gasteiger partial charge in [0, 0.05) is 0 Å². The van der Waals surface area contributed by atoms with Gasteiger partial charge < -0.3 is 9.84 Å². The molecule has 0 radical (unpaired) electrons. The molecular weight excluding hydrogens is 328 g/mol. The average Bonchev–Trinajstić information content (AvgIpc) is 2.52. The van der Waals surface area contributed by atoms with Crippen LogP contribution in [0.5, 0.6) is 0 Å². The molecule has 154 valence electrons. The van der Waals surface area contributed by atoms with E-state index in [1.54, 1.807) is 0 Å². The van der Waals surface area contributed by atoms with Gasteiger partial charge in [0.2, 0.25) is 0 Å². The number of ether oxygens (including phenoxy) is 1. The molecule has 1 saturated carbocycles. The zero-order chi connectivity index (χ0) is 19.4. The first-order valence-electron chi connectivity index (χ1n) is 9.70. The van der Waals surface area contributed by atoms with Crippen molar-refractivity contribution < 1.29 is 19.4 Å². The number of rotatable bonds is 7. The number of esters is 1. The first-order valence-corrected chi connectivity index (χ1v) is 9.70. The third-order valence-corrected chi connectivity index (χ3v) is 6.71. The van der Waals surface area contributed by atoms with E-state index in [2.05, 4.69) is 41.5 Å². The van der Waals surface area contributed by atoms with Gasteiger partial charge in [-0.2, -0.15) is 0 Å². The van der Waals surface area contributed by atoms with Gasteiger partial charge >= 0.3 is 11.9 Å². The molecule has 0 aromatic heterocycles. The summed E-state index contributed by atoms with van der Waals surface area (Å²) in [5.74, 6) is -1.29. The predicted octanol–water partition coefficient (Wildman–Crippen LogP) is 5.79. The average molecular weight is 371 g/mol. The fourth-order valence-corrected chi connectivity index (χ4v) is 4.09. The second-order valence-electron chi connectivity index (χ2n) is 9.73. The first-order chi connectivity index (χ1) is 11.4. The molecule has 1 aliphatic rings. The molecule has 1 rings (SSSR count). The molecule has 0 aromatic rings. The number of carboxylic acid groups (broad SMARTS) is 1. The monoisotopic (exact) mass is 370 g/mol. The van der Waals surface area contributed by atoms with Crippen molar-refractivity contribution in [1.82, 2.24) is 0 Å². The van der Waals surface area contributed by atoms with Crippen LogP contribution in [0.3, 0.4) is 0 Å². The molecule has 4 unspecified atom stereocenters. The van der Waals surface area contributed by atoms with E-state index in [0.29, 0.717) is 30.1 Å². The Balaban J connectivity index is 0.00000625. The van der Waals surface area contributed by atoms with Crippen LogP contribution < -0.4 is 0 Å². The second kappa shape index (κ2) is 9.75. The van der Waals surface area contributed by atoms with E-state index in [-0.39, 0.29) is 18.8 Å². The van der Waals surface area contributed by atoms with Crippen LogP contribution in [-0.4, -0.2) is 24.2 Å². The minimum atomic E-state index is -0.870. The lowest BCUT2D eigenvalue weighted by Crippen LogP contribution is -2.40. The molecule has 0 heterocycles. The number of methoxy groups -OCH3 is 1. The molecule has 1 fully saturated rings. The third kappa shape index (κ3) is 6.59. The summed E-state index contributed by atoms with van der Waals surface area (Å²) in [6.45, 7) is 13.7. The van der Waals surface area contributed by atoms with Crippen molar-refractivity contribution in [2.45, 2.75) is 87.5 Å². The van der Waals surface area contributed by atoms with Crippen LogP contribution in [0, 0.1) is 34.5 Å². The molecule has 4 atom stereocenters. The Kier molecular flexibility index (Phi) is 9.36. The standard InChI is InChI=1S/C21H38O4.CH4/c1-14(20(2,3)4)9-8-12-21(5,6)15-10-11-16(18(22)23)17(13-15)19(24)25-7;/h14-17H,8-13H2,1-7H3,(H,22,23);1H4. The van der Waals surface area contributed by atoms with Crippen molar-refractivity contribution in [1.29, 1.82) is 0 Å². The van der Waals surface area contributed by atoms with E-state index >= 15 is 0 Å². The van der Waals surface area contributed by atoms with E-state index in [1.165, 1.54) is 20.0 Å². The molecule has 4 heteroatoms. The van der Waals surface area contributed by atoms with Gasteiger partial charge in [0.15, 0.2) is 0 Å². The topological polar surface area (TPSA) is 63.6 Å². The summed E-state index contributed by atoms with van der Waals surface area (Å²) in [6, 6.07) is 0. The Morgan fingerprint density at radius 3 is 2.15 bits per heavy atom. The quantitative estimate of drug-likeness (QED) is 0.576. The molecule has 4 nitrogen and oxygen atoms in total. The minimum Gasteiger partial charge on any atom is -0.481 e. The number of hydrogen-bond donors (Lipinski definition) is 1. The smallest absolute Gasteiger partial charge is 0.309 e. The van der Waals surface area contributed by atoms with E-state index < -0.39 is 17.8 Å². The highest BCUT2D eigenvalue weighted by atomic mass is 16.5. The molecule has 0 spiro atoms. The highest BCUT2D eigenvalue weighted by Gasteiger charge is 2.44. The van der Waals surface area contributed by atoms with Gasteiger partial charge in [-0.15, -0.1) is 0 Å². The van der Waals surface area contributed by atoms with Crippen molar-refractivity contribution in [3.63, 3.8) is 0 Å². The SMILES string of the molecule is C.COC(=O)C1CC(C(C)(C)CCCC(C)C(C)(C)C)CCC1C(=O)O. The van der Waals surface area contributed by atoms with E-state index in [1.807, 2.05) is 0 Å². The maximum atomic E-state index is 12.1. The Morgan fingerprint density at radius 2 is 1.69 bits per heavy atom. The second-order valence-corrected chi connectivity index (χ2v) is 9.73. The van der Waals surface area contributed by atoms with E-state index in [9.17, 15) is 14.7 Å². The molecule has 0 bridgehead atoms. The van der Waals surface area contributed by atoms with Crippen LogP contribution in [0.25, 0.3) is 0 Å². The van der Waals surface area contributed by atoms with Crippen molar-refractivity contribution in [3.8, 4) is 0 Å². The fraction of sp³-hybridized carbons (Fsp3) is 0.909. The zero-order valence-corrected chi connectivity index (χ0v) is 17.2. The lowest BCUT2D eigenvalue weighted by Gasteiger charge is -2.41. The molecule has 0 amide bonds. The van der Waals surface area contributed by atoms with Crippen LogP contribution in [0.2, 0.25) is 0 Å². The fourth-order valence-electron chi connectivity index (χ4n) is 4.09. The number of carbonyl (C=O) groups is 2.